The van der Waals surface area contributed by atoms with Crippen molar-refractivity contribution in [3.63, 3.8) is 0 Å². The van der Waals surface area contributed by atoms with Crippen molar-refractivity contribution in [2.24, 2.45) is 5.73 Å². The first-order valence-corrected chi connectivity index (χ1v) is 9.12. The van der Waals surface area contributed by atoms with E-state index < -0.39 is 43.3 Å². The van der Waals surface area contributed by atoms with E-state index in [9.17, 15) is 34.8 Å². The van der Waals surface area contributed by atoms with Crippen LogP contribution in [0.1, 0.15) is 18.4 Å². The second-order valence-electron chi connectivity index (χ2n) is 4.41. The van der Waals surface area contributed by atoms with Gasteiger partial charge < -0.3 is 9.92 Å². The molecular formula is C11H14F3NO7S2. The number of halogens is 3. The van der Waals surface area contributed by atoms with Gasteiger partial charge in [-0.05, 0) is 24.6 Å². The number of carbonyl (C=O) groups excluding carboxylic acids is 1. The molecule has 1 rings (SSSR count). The van der Waals surface area contributed by atoms with Gasteiger partial charge in [-0.15, -0.1) is 0 Å². The molecule has 0 aromatic heterocycles. The Labute approximate surface area is 136 Å². The van der Waals surface area contributed by atoms with E-state index in [4.69, 9.17) is 10.3 Å². The Morgan fingerprint density at radius 1 is 1.17 bits per heavy atom. The van der Waals surface area contributed by atoms with E-state index in [0.717, 1.165) is 12.1 Å². The Kier molecular flexibility index (Phi) is 7.20. The van der Waals surface area contributed by atoms with Crippen LogP contribution in [0.15, 0.2) is 24.3 Å². The van der Waals surface area contributed by atoms with Crippen molar-refractivity contribution in [2.75, 3.05) is 6.26 Å². The first kappa shape index (κ1) is 22.1. The van der Waals surface area contributed by atoms with Gasteiger partial charge in [0.2, 0.25) is 5.91 Å². The maximum absolute atomic E-state index is 12.1. The third kappa shape index (κ3) is 8.12. The van der Waals surface area contributed by atoms with Crippen LogP contribution in [0.5, 0.6) is 5.75 Å². The molecule has 3 N–H and O–H groups in total. The van der Waals surface area contributed by atoms with Crippen molar-refractivity contribution < 1.29 is 43.5 Å². The predicted molar refractivity (Wildman–Crippen MR) is 77.1 cm³/mol. The summed E-state index contributed by atoms with van der Waals surface area (Å²) in [7, 11) is -9.36. The maximum atomic E-state index is 12.1. The van der Waals surface area contributed by atoms with Gasteiger partial charge in [0.1, 0.15) is 5.75 Å². The van der Waals surface area contributed by atoms with Gasteiger partial charge in [-0.25, -0.2) is 0 Å². The molecule has 24 heavy (non-hydrogen) atoms. The fraction of sp³-hybridized carbons (Fsp3) is 0.364. The van der Waals surface area contributed by atoms with Crippen molar-refractivity contribution in [3.8, 4) is 5.75 Å². The number of rotatable bonds is 4. The number of amides is 1. The minimum Gasteiger partial charge on any atom is -0.376 e. The van der Waals surface area contributed by atoms with Crippen molar-refractivity contribution in [1.82, 2.24) is 0 Å². The third-order valence-corrected chi connectivity index (χ3v) is 3.28. The lowest BCUT2D eigenvalue weighted by Gasteiger charge is -2.11. The molecule has 0 aliphatic rings. The van der Waals surface area contributed by atoms with Gasteiger partial charge in [0.05, 0.1) is 12.2 Å². The highest BCUT2D eigenvalue weighted by molar-refractivity contribution is 7.88. The number of hydrogen-bond donors (Lipinski definition) is 2. The van der Waals surface area contributed by atoms with Crippen LogP contribution in [0.25, 0.3) is 0 Å². The number of carbonyl (C=O) groups is 1. The number of hydrogen-bond acceptors (Lipinski definition) is 6. The van der Waals surface area contributed by atoms with E-state index >= 15 is 0 Å². The smallest absolute Gasteiger partial charge is 0.376 e. The van der Waals surface area contributed by atoms with E-state index in [1.54, 1.807) is 0 Å². The maximum Gasteiger partial charge on any atom is 0.534 e. The third-order valence-electron chi connectivity index (χ3n) is 2.30. The molecule has 0 radical (unpaired) electrons. The van der Waals surface area contributed by atoms with Gasteiger partial charge in [0.15, 0.2) is 0 Å². The molecule has 1 aromatic rings. The van der Waals surface area contributed by atoms with E-state index in [0.29, 0.717) is 11.8 Å². The van der Waals surface area contributed by atoms with Crippen LogP contribution in [0, 0.1) is 0 Å². The lowest BCUT2D eigenvalue weighted by atomic mass is 10.0. The fourth-order valence-electron chi connectivity index (χ4n) is 1.15. The van der Waals surface area contributed by atoms with E-state index in [2.05, 4.69) is 4.18 Å². The zero-order chi connectivity index (χ0) is 19.3. The molecule has 0 saturated carbocycles. The summed E-state index contributed by atoms with van der Waals surface area (Å²) in [6, 6.07) is 4.55. The van der Waals surface area contributed by atoms with Crippen molar-refractivity contribution >= 4 is 26.1 Å². The summed E-state index contributed by atoms with van der Waals surface area (Å²) < 4.78 is 87.4. The molecule has 0 fully saturated rings. The fourth-order valence-corrected chi connectivity index (χ4v) is 1.61. The molecule has 138 valence electrons. The van der Waals surface area contributed by atoms with E-state index in [1.165, 1.54) is 19.1 Å². The van der Waals surface area contributed by atoms with Gasteiger partial charge in [-0.3, -0.25) is 9.35 Å². The Hall–Kier alpha value is -1.86. The lowest BCUT2D eigenvalue weighted by molar-refractivity contribution is -0.119. The molecule has 0 aliphatic carbocycles. The monoisotopic (exact) mass is 393 g/mol. The van der Waals surface area contributed by atoms with Crippen LogP contribution >= 0.6 is 0 Å². The molecule has 0 unspecified atom stereocenters. The average Bonchev–Trinajstić information content (AvgIpc) is 2.34. The predicted octanol–water partition coefficient (Wildman–Crippen LogP) is 1.01. The summed E-state index contributed by atoms with van der Waals surface area (Å²) in [6.45, 7) is 1.50. The van der Waals surface area contributed by atoms with Crippen LogP contribution in [-0.4, -0.2) is 39.1 Å². The lowest BCUT2D eigenvalue weighted by Crippen LogP contribution is -2.28. The summed E-state index contributed by atoms with van der Waals surface area (Å²) >= 11 is 0. The van der Waals surface area contributed by atoms with E-state index in [-0.39, 0.29) is 0 Å². The van der Waals surface area contributed by atoms with Crippen LogP contribution < -0.4 is 9.92 Å². The summed E-state index contributed by atoms with van der Waals surface area (Å²) in [5.74, 6) is -1.76. The second-order valence-corrected chi connectivity index (χ2v) is 7.41. The molecule has 8 nitrogen and oxygen atoms in total. The van der Waals surface area contributed by atoms with Gasteiger partial charge >= 0.3 is 15.6 Å². The molecule has 1 aromatic carbocycles. The topological polar surface area (TPSA) is 141 Å². The Morgan fingerprint density at radius 3 is 1.83 bits per heavy atom. The van der Waals surface area contributed by atoms with Gasteiger partial charge in [0, 0.05) is 0 Å². The zero-order valence-corrected chi connectivity index (χ0v) is 13.9. The van der Waals surface area contributed by atoms with Crippen LogP contribution in [0.2, 0.25) is 0 Å². The minimum absolute atomic E-state index is 0.434. The molecule has 1 atom stereocenters. The number of alkyl halides is 3. The Bertz CT molecular complexity index is 763. The van der Waals surface area contributed by atoms with Crippen molar-refractivity contribution in [1.29, 1.82) is 0 Å². The standard InChI is InChI=1S/C10H10F3NO4S.CH4O3S/c1-6(9(14)15)7-2-4-8(5-3-7)18-19(16,17)10(11,12)13;1-5(2,3)4/h2-6H,1H3,(H2,14,15);1H3,(H,2,3,4)/t6-;/m1./s1. The number of benzene rings is 1. The average molecular weight is 393 g/mol. The molecule has 1 amide bonds. The largest absolute Gasteiger partial charge is 0.534 e. The van der Waals surface area contributed by atoms with Crippen LogP contribution in [-0.2, 0) is 25.0 Å². The Morgan fingerprint density at radius 2 is 1.54 bits per heavy atom. The van der Waals surface area contributed by atoms with Gasteiger partial charge in [0.25, 0.3) is 10.1 Å². The quantitative estimate of drug-likeness (QED) is 0.442. The van der Waals surface area contributed by atoms with E-state index in [1.807, 2.05) is 0 Å². The molecule has 0 heterocycles. The van der Waals surface area contributed by atoms with Crippen LogP contribution in [0.3, 0.4) is 0 Å². The Balaban J connectivity index is 0.000000922. The minimum atomic E-state index is -5.69. The molecule has 13 heteroatoms. The molecule has 0 saturated heterocycles. The first-order chi connectivity index (χ1) is 10.5. The summed E-state index contributed by atoms with van der Waals surface area (Å²) in [4.78, 5) is 10.9. The van der Waals surface area contributed by atoms with Gasteiger partial charge in [-0.2, -0.15) is 30.0 Å². The highest BCUT2D eigenvalue weighted by Crippen LogP contribution is 2.27. The number of primary amides is 1. The molecule has 0 bridgehead atoms. The SMILES string of the molecule is CS(=O)(=O)O.C[C@@H](C(N)=O)c1ccc(OS(=O)(=O)C(F)(F)F)cc1. The first-order valence-electron chi connectivity index (χ1n) is 5.87. The zero-order valence-electron chi connectivity index (χ0n) is 12.3. The summed E-state index contributed by atoms with van der Waals surface area (Å²) in [5, 5.41) is 0. The van der Waals surface area contributed by atoms with Crippen molar-refractivity contribution in [3.05, 3.63) is 29.8 Å². The second kappa shape index (κ2) is 7.81. The normalized spacial score (nSPS) is 13.4. The molecular weight excluding hydrogens is 379 g/mol. The highest BCUT2D eigenvalue weighted by atomic mass is 32.2. The highest BCUT2D eigenvalue weighted by Gasteiger charge is 2.48. The molecule has 0 aliphatic heterocycles. The van der Waals surface area contributed by atoms with Crippen molar-refractivity contribution in [2.45, 2.75) is 18.3 Å². The summed E-state index contributed by atoms with van der Waals surface area (Å²) in [6.07, 6.45) is 0.715. The molecule has 0 spiro atoms. The number of nitrogens with two attached hydrogens (primary N) is 1. The van der Waals surface area contributed by atoms with Gasteiger partial charge in [-0.1, -0.05) is 12.1 Å². The summed E-state index contributed by atoms with van der Waals surface area (Å²) in [5.41, 5.74) is -0.00930. The van der Waals surface area contributed by atoms with Crippen LogP contribution in [0.4, 0.5) is 13.2 Å².